The van der Waals surface area contributed by atoms with Gasteiger partial charge in [0.2, 0.25) is 0 Å². The van der Waals surface area contributed by atoms with E-state index in [0.29, 0.717) is 17.5 Å². The first kappa shape index (κ1) is 13.0. The van der Waals surface area contributed by atoms with Gasteiger partial charge in [0.15, 0.2) is 0 Å². The van der Waals surface area contributed by atoms with Gasteiger partial charge in [-0.05, 0) is 5.92 Å². The molecule has 0 saturated carbocycles. The second kappa shape index (κ2) is 6.50. The van der Waals surface area contributed by atoms with Crippen LogP contribution in [0, 0.1) is 5.92 Å². The number of hydrogen-bond donors (Lipinski definition) is 2. The van der Waals surface area contributed by atoms with E-state index in [4.69, 9.17) is 18.0 Å². The quantitative estimate of drug-likeness (QED) is 0.756. The summed E-state index contributed by atoms with van der Waals surface area (Å²) in [6.07, 6.45) is 6.04. The molecule has 0 fully saturated rings. The number of rotatable bonds is 5. The molecule has 3 N–H and O–H groups in total. The number of thiocarbonyl (C=S) groups is 1. The van der Waals surface area contributed by atoms with Gasteiger partial charge in [0.1, 0.15) is 0 Å². The first-order valence-corrected chi connectivity index (χ1v) is 5.84. The van der Waals surface area contributed by atoms with Crippen molar-refractivity contribution >= 4 is 17.2 Å². The number of nitrogens with zero attached hydrogens (tertiary/aromatic N) is 2. The van der Waals surface area contributed by atoms with Crippen LogP contribution in [0.15, 0.2) is 18.6 Å². The zero-order chi connectivity index (χ0) is 12.0. The van der Waals surface area contributed by atoms with E-state index < -0.39 is 0 Å². The molecule has 1 unspecified atom stereocenters. The van der Waals surface area contributed by atoms with Crippen LogP contribution < -0.4 is 11.1 Å². The lowest BCUT2D eigenvalue weighted by molar-refractivity contribution is 0.517. The second-order valence-electron chi connectivity index (χ2n) is 3.83. The molecular weight excluding hydrogens is 220 g/mol. The predicted octanol–water partition coefficient (Wildman–Crippen LogP) is 1.27. The maximum Gasteiger partial charge on any atom is 0.0929 e. The Balaban J connectivity index is 2.41. The Morgan fingerprint density at radius 3 is 2.88 bits per heavy atom. The molecule has 0 aliphatic heterocycles. The van der Waals surface area contributed by atoms with E-state index in [1.807, 2.05) is 0 Å². The van der Waals surface area contributed by atoms with E-state index in [9.17, 15) is 0 Å². The SMILES string of the molecule is CCC(C)[C@H](N)C(=S)NCc1cnccn1. The van der Waals surface area contributed by atoms with Crippen molar-refractivity contribution in [2.45, 2.75) is 32.9 Å². The molecule has 1 heterocycles. The molecule has 0 aliphatic rings. The highest BCUT2D eigenvalue weighted by Crippen LogP contribution is 2.06. The van der Waals surface area contributed by atoms with Gasteiger partial charge in [0.05, 0.1) is 29.5 Å². The fourth-order valence-corrected chi connectivity index (χ4v) is 1.53. The molecule has 0 aromatic carbocycles. The van der Waals surface area contributed by atoms with Gasteiger partial charge in [-0.1, -0.05) is 32.5 Å². The maximum atomic E-state index is 6.00. The first-order chi connectivity index (χ1) is 7.65. The van der Waals surface area contributed by atoms with Crippen LogP contribution in [0.2, 0.25) is 0 Å². The lowest BCUT2D eigenvalue weighted by atomic mass is 10.00. The highest BCUT2D eigenvalue weighted by Gasteiger charge is 2.15. The van der Waals surface area contributed by atoms with Crippen LogP contribution in [0.25, 0.3) is 0 Å². The first-order valence-electron chi connectivity index (χ1n) is 5.43. The van der Waals surface area contributed by atoms with E-state index in [-0.39, 0.29) is 6.04 Å². The van der Waals surface area contributed by atoms with Crippen molar-refractivity contribution in [3.63, 3.8) is 0 Å². The van der Waals surface area contributed by atoms with Crippen molar-refractivity contribution in [2.75, 3.05) is 0 Å². The van der Waals surface area contributed by atoms with Crippen molar-refractivity contribution < 1.29 is 0 Å². The topological polar surface area (TPSA) is 63.8 Å². The van der Waals surface area contributed by atoms with E-state index in [1.54, 1.807) is 18.6 Å². The molecule has 0 aliphatic carbocycles. The number of nitrogens with two attached hydrogens (primary N) is 1. The minimum absolute atomic E-state index is 0.0864. The van der Waals surface area contributed by atoms with Crippen molar-refractivity contribution in [1.29, 1.82) is 0 Å². The molecule has 0 radical (unpaired) electrons. The second-order valence-corrected chi connectivity index (χ2v) is 4.27. The van der Waals surface area contributed by atoms with Gasteiger partial charge in [0, 0.05) is 12.4 Å². The summed E-state index contributed by atoms with van der Waals surface area (Å²) in [7, 11) is 0. The van der Waals surface area contributed by atoms with Crippen molar-refractivity contribution in [1.82, 2.24) is 15.3 Å². The molecule has 0 amide bonds. The molecule has 0 bridgehead atoms. The van der Waals surface area contributed by atoms with Crippen LogP contribution in [0.1, 0.15) is 26.0 Å². The molecule has 1 aromatic rings. The van der Waals surface area contributed by atoms with Gasteiger partial charge < -0.3 is 11.1 Å². The van der Waals surface area contributed by atoms with E-state index in [2.05, 4.69) is 29.1 Å². The number of nitrogens with one attached hydrogen (secondary N) is 1. The molecule has 2 atom stereocenters. The van der Waals surface area contributed by atoms with Crippen molar-refractivity contribution in [3.05, 3.63) is 24.3 Å². The Kier molecular flexibility index (Phi) is 5.28. The minimum atomic E-state index is -0.0864. The third-order valence-corrected chi connectivity index (χ3v) is 3.04. The summed E-state index contributed by atoms with van der Waals surface area (Å²) in [6.45, 7) is 4.79. The van der Waals surface area contributed by atoms with Crippen molar-refractivity contribution in [2.24, 2.45) is 11.7 Å². The maximum absolute atomic E-state index is 6.00. The minimum Gasteiger partial charge on any atom is -0.373 e. The third-order valence-electron chi connectivity index (χ3n) is 2.62. The van der Waals surface area contributed by atoms with Crippen LogP contribution in [0.4, 0.5) is 0 Å². The predicted molar refractivity (Wildman–Crippen MR) is 68.9 cm³/mol. The van der Waals surface area contributed by atoms with Crippen LogP contribution in [-0.4, -0.2) is 21.0 Å². The summed E-state index contributed by atoms with van der Waals surface area (Å²) < 4.78 is 0. The molecule has 0 spiro atoms. The summed E-state index contributed by atoms with van der Waals surface area (Å²) in [5.41, 5.74) is 6.86. The molecule has 1 aromatic heterocycles. The number of aromatic nitrogens is 2. The monoisotopic (exact) mass is 238 g/mol. The van der Waals surface area contributed by atoms with Crippen LogP contribution in [0.5, 0.6) is 0 Å². The summed E-state index contributed by atoms with van der Waals surface area (Å²) >= 11 is 5.23. The van der Waals surface area contributed by atoms with Gasteiger partial charge in [-0.15, -0.1) is 0 Å². The van der Waals surface area contributed by atoms with Gasteiger partial charge in [-0.25, -0.2) is 0 Å². The molecule has 4 nitrogen and oxygen atoms in total. The molecule has 5 heteroatoms. The van der Waals surface area contributed by atoms with Crippen molar-refractivity contribution in [3.8, 4) is 0 Å². The van der Waals surface area contributed by atoms with Crippen LogP contribution >= 0.6 is 12.2 Å². The molecule has 1 rings (SSSR count). The van der Waals surface area contributed by atoms with Gasteiger partial charge >= 0.3 is 0 Å². The fraction of sp³-hybridized carbons (Fsp3) is 0.545. The molecule has 88 valence electrons. The lowest BCUT2D eigenvalue weighted by Gasteiger charge is -2.20. The Hall–Kier alpha value is -1.07. The van der Waals surface area contributed by atoms with Crippen LogP contribution in [-0.2, 0) is 6.54 Å². The lowest BCUT2D eigenvalue weighted by Crippen LogP contribution is -2.43. The highest BCUT2D eigenvalue weighted by molar-refractivity contribution is 7.80. The summed E-state index contributed by atoms with van der Waals surface area (Å²) in [4.78, 5) is 8.83. The third kappa shape index (κ3) is 3.83. The summed E-state index contributed by atoms with van der Waals surface area (Å²) in [5, 5.41) is 3.12. The van der Waals surface area contributed by atoms with Gasteiger partial charge in [-0.2, -0.15) is 0 Å². The smallest absolute Gasteiger partial charge is 0.0929 e. The van der Waals surface area contributed by atoms with Crippen LogP contribution in [0.3, 0.4) is 0 Å². The van der Waals surface area contributed by atoms with E-state index in [0.717, 1.165) is 12.1 Å². The average molecular weight is 238 g/mol. The Morgan fingerprint density at radius 1 is 1.56 bits per heavy atom. The number of hydrogen-bond acceptors (Lipinski definition) is 4. The Bertz CT molecular complexity index is 328. The molecule has 16 heavy (non-hydrogen) atoms. The molecular formula is C11H18N4S. The fourth-order valence-electron chi connectivity index (χ4n) is 1.23. The van der Waals surface area contributed by atoms with Gasteiger partial charge in [0.25, 0.3) is 0 Å². The Morgan fingerprint density at radius 2 is 2.31 bits per heavy atom. The van der Waals surface area contributed by atoms with Gasteiger partial charge in [-0.3, -0.25) is 9.97 Å². The van der Waals surface area contributed by atoms with E-state index >= 15 is 0 Å². The normalized spacial score (nSPS) is 14.2. The zero-order valence-electron chi connectivity index (χ0n) is 9.68. The Labute approximate surface area is 102 Å². The highest BCUT2D eigenvalue weighted by atomic mass is 32.1. The zero-order valence-corrected chi connectivity index (χ0v) is 10.5. The standard InChI is InChI=1S/C11H18N4S/c1-3-8(2)10(12)11(16)15-7-9-6-13-4-5-14-9/h4-6,8,10H,3,7,12H2,1-2H3,(H,15,16)/t8?,10-/m0/s1. The molecule has 0 saturated heterocycles. The largest absolute Gasteiger partial charge is 0.373 e. The average Bonchev–Trinajstić information content (AvgIpc) is 2.35. The summed E-state index contributed by atoms with van der Waals surface area (Å²) in [5.74, 6) is 0.391. The summed E-state index contributed by atoms with van der Waals surface area (Å²) in [6, 6.07) is -0.0864. The van der Waals surface area contributed by atoms with E-state index in [1.165, 1.54) is 0 Å².